The number of nitrogens with one attached hydrogen (secondary N) is 1. The van der Waals surface area contributed by atoms with Crippen molar-refractivity contribution in [3.8, 4) is 0 Å². The second-order valence-corrected chi connectivity index (χ2v) is 11.0. The summed E-state index contributed by atoms with van der Waals surface area (Å²) in [6.45, 7) is 8.44. The lowest BCUT2D eigenvalue weighted by atomic mass is 9.41. The number of hydrogen-bond donors (Lipinski definition) is 2. The van der Waals surface area contributed by atoms with Gasteiger partial charge in [0, 0.05) is 23.7 Å². The summed E-state index contributed by atoms with van der Waals surface area (Å²) in [7, 11) is 1.94. The van der Waals surface area contributed by atoms with Gasteiger partial charge in [0.2, 0.25) is 0 Å². The van der Waals surface area contributed by atoms with Crippen molar-refractivity contribution in [1.29, 1.82) is 0 Å². The fraction of sp³-hybridized carbons (Fsp3) is 0.917. The predicted molar refractivity (Wildman–Crippen MR) is 115 cm³/mol. The summed E-state index contributed by atoms with van der Waals surface area (Å²) >= 11 is 0. The summed E-state index contributed by atoms with van der Waals surface area (Å²) in [5, 5.41) is 19.4. The van der Waals surface area contributed by atoms with Gasteiger partial charge in [0.1, 0.15) is 12.4 Å². The molecule has 0 spiro atoms. The number of ketones is 1. The van der Waals surface area contributed by atoms with Crippen molar-refractivity contribution in [2.24, 2.45) is 39.7 Å². The Labute approximate surface area is 176 Å². The molecule has 7 atom stereocenters. The van der Waals surface area contributed by atoms with Gasteiger partial charge in [-0.2, -0.15) is 0 Å². The molecule has 4 fully saturated rings. The van der Waals surface area contributed by atoms with E-state index < -0.39 is 5.60 Å². The van der Waals surface area contributed by atoms with Crippen molar-refractivity contribution in [2.45, 2.75) is 84.2 Å². The van der Waals surface area contributed by atoms with Gasteiger partial charge in [0.25, 0.3) is 0 Å². The van der Waals surface area contributed by atoms with E-state index in [0.717, 1.165) is 63.6 Å². The van der Waals surface area contributed by atoms with Crippen LogP contribution in [0.5, 0.6) is 0 Å². The Kier molecular flexibility index (Phi) is 5.61. The number of aliphatic hydroxyl groups is 1. The molecule has 4 aliphatic carbocycles. The zero-order chi connectivity index (χ0) is 20.9. The average Bonchev–Trinajstić information content (AvgIpc) is 2.98. The van der Waals surface area contributed by atoms with Crippen LogP contribution in [-0.4, -0.2) is 42.4 Å². The largest absolute Gasteiger partial charge is 0.396 e. The standard InChI is InChI=1S/C24H40N2O3/c1-16-14-24(28)15-17(26-29-13-5-12-25-4)8-11-23(24,3)19-9-10-22(2)18(21(16)19)6-7-20(22)27/h16,18-19,21,25,28H,5-15H2,1-4H3/t16?,18-,19+,21-,22-,23+,24?/m0/s1. The van der Waals surface area contributed by atoms with Crippen molar-refractivity contribution >= 4 is 11.5 Å². The zero-order valence-electron chi connectivity index (χ0n) is 18.8. The van der Waals surface area contributed by atoms with Crippen LogP contribution < -0.4 is 5.32 Å². The van der Waals surface area contributed by atoms with Crippen LogP contribution in [0.15, 0.2) is 5.16 Å². The predicted octanol–water partition coefficient (Wildman–Crippen LogP) is 3.94. The molecule has 5 nitrogen and oxygen atoms in total. The molecule has 0 radical (unpaired) electrons. The molecule has 0 aromatic carbocycles. The number of hydrogen-bond acceptors (Lipinski definition) is 5. The minimum absolute atomic E-state index is 0.0811. The molecule has 0 aromatic heterocycles. The van der Waals surface area contributed by atoms with Gasteiger partial charge in [-0.15, -0.1) is 0 Å². The fourth-order valence-electron chi connectivity index (χ4n) is 7.80. The maximum absolute atomic E-state index is 12.7. The van der Waals surface area contributed by atoms with Gasteiger partial charge in [-0.3, -0.25) is 4.79 Å². The maximum Gasteiger partial charge on any atom is 0.139 e. The lowest BCUT2D eigenvalue weighted by molar-refractivity contribution is -0.206. The summed E-state index contributed by atoms with van der Waals surface area (Å²) in [4.78, 5) is 18.2. The Hall–Kier alpha value is -0.940. The first-order valence-electron chi connectivity index (χ1n) is 11.8. The van der Waals surface area contributed by atoms with Crippen LogP contribution in [0.1, 0.15) is 78.6 Å². The highest BCUT2D eigenvalue weighted by atomic mass is 16.6. The molecule has 0 amide bonds. The topological polar surface area (TPSA) is 70.9 Å². The van der Waals surface area contributed by atoms with Gasteiger partial charge in [0.05, 0.1) is 11.3 Å². The van der Waals surface area contributed by atoms with E-state index in [0.29, 0.717) is 42.5 Å². The molecule has 0 bridgehead atoms. The number of nitrogens with zero attached hydrogens (tertiary/aromatic N) is 1. The third-order valence-corrected chi connectivity index (χ3v) is 9.53. The summed E-state index contributed by atoms with van der Waals surface area (Å²) in [6.07, 6.45) is 8.22. The van der Waals surface area contributed by atoms with E-state index in [9.17, 15) is 9.90 Å². The van der Waals surface area contributed by atoms with E-state index in [1.54, 1.807) is 0 Å². The monoisotopic (exact) mass is 404 g/mol. The molecule has 0 saturated heterocycles. The number of carbonyl (C=O) groups excluding carboxylic acids is 1. The van der Waals surface area contributed by atoms with Gasteiger partial charge < -0.3 is 15.3 Å². The SMILES string of the molecule is CNCCCON=C1CC[C@]2(C)[C@@H]3CC[C@]4(C)C(=O)CC[C@H]4[C@@H]3C(C)CC2(O)C1. The minimum atomic E-state index is -0.699. The highest BCUT2D eigenvalue weighted by Crippen LogP contribution is 2.67. The first-order valence-corrected chi connectivity index (χ1v) is 11.8. The van der Waals surface area contributed by atoms with Gasteiger partial charge in [-0.25, -0.2) is 0 Å². The van der Waals surface area contributed by atoms with Crippen LogP contribution >= 0.6 is 0 Å². The van der Waals surface area contributed by atoms with E-state index in [-0.39, 0.29) is 10.8 Å². The van der Waals surface area contributed by atoms with Gasteiger partial charge in [0.15, 0.2) is 0 Å². The molecule has 4 saturated carbocycles. The molecule has 0 heterocycles. The molecule has 0 aromatic rings. The molecule has 0 aliphatic heterocycles. The van der Waals surface area contributed by atoms with Crippen molar-refractivity contribution in [3.63, 3.8) is 0 Å². The number of carbonyl (C=O) groups is 1. The highest BCUT2D eigenvalue weighted by molar-refractivity contribution is 5.87. The normalized spacial score (nSPS) is 48.2. The van der Waals surface area contributed by atoms with E-state index in [1.165, 1.54) is 0 Å². The van der Waals surface area contributed by atoms with E-state index >= 15 is 0 Å². The van der Waals surface area contributed by atoms with E-state index in [2.05, 4.69) is 31.2 Å². The van der Waals surface area contributed by atoms with E-state index in [1.807, 2.05) is 7.05 Å². The van der Waals surface area contributed by atoms with Crippen molar-refractivity contribution < 1.29 is 14.7 Å². The Morgan fingerprint density at radius 2 is 2.00 bits per heavy atom. The zero-order valence-corrected chi connectivity index (χ0v) is 18.8. The molecule has 29 heavy (non-hydrogen) atoms. The fourth-order valence-corrected chi connectivity index (χ4v) is 7.80. The molecular weight excluding hydrogens is 364 g/mol. The summed E-state index contributed by atoms with van der Waals surface area (Å²) in [5.41, 5.74) is 0.137. The maximum atomic E-state index is 12.7. The quantitative estimate of drug-likeness (QED) is 0.538. The number of rotatable bonds is 5. The first-order chi connectivity index (χ1) is 13.7. The second kappa shape index (κ2) is 7.64. The Morgan fingerprint density at radius 1 is 1.21 bits per heavy atom. The number of Topliss-reactive ketones (excluding diaryl/α,β-unsaturated/α-hetero) is 1. The van der Waals surface area contributed by atoms with E-state index in [4.69, 9.17) is 4.84 Å². The Balaban J connectivity index is 1.52. The average molecular weight is 405 g/mol. The molecule has 5 heteroatoms. The molecule has 2 N–H and O–H groups in total. The summed E-state index contributed by atoms with van der Waals surface area (Å²) < 4.78 is 0. The van der Waals surface area contributed by atoms with Gasteiger partial charge >= 0.3 is 0 Å². The lowest BCUT2D eigenvalue weighted by Crippen LogP contribution is -2.64. The Morgan fingerprint density at radius 3 is 2.76 bits per heavy atom. The third-order valence-electron chi connectivity index (χ3n) is 9.53. The summed E-state index contributed by atoms with van der Waals surface area (Å²) in [5.74, 6) is 2.54. The first kappa shape index (κ1) is 21.3. The van der Waals surface area contributed by atoms with Gasteiger partial charge in [-0.05, 0) is 82.2 Å². The van der Waals surface area contributed by atoms with Crippen LogP contribution in [0.2, 0.25) is 0 Å². The van der Waals surface area contributed by atoms with Crippen molar-refractivity contribution in [3.05, 3.63) is 0 Å². The molecule has 2 unspecified atom stereocenters. The smallest absolute Gasteiger partial charge is 0.139 e. The van der Waals surface area contributed by atoms with Crippen LogP contribution in [-0.2, 0) is 9.63 Å². The minimum Gasteiger partial charge on any atom is -0.396 e. The lowest BCUT2D eigenvalue weighted by Gasteiger charge is -2.64. The van der Waals surface area contributed by atoms with Crippen molar-refractivity contribution in [1.82, 2.24) is 5.32 Å². The third kappa shape index (κ3) is 3.27. The van der Waals surface area contributed by atoms with Crippen LogP contribution in [0.25, 0.3) is 0 Å². The summed E-state index contributed by atoms with van der Waals surface area (Å²) in [6, 6.07) is 0. The van der Waals surface area contributed by atoms with Crippen LogP contribution in [0, 0.1) is 34.5 Å². The van der Waals surface area contributed by atoms with Crippen LogP contribution in [0.4, 0.5) is 0 Å². The molecule has 4 aliphatic rings. The molecular formula is C24H40N2O3. The second-order valence-electron chi connectivity index (χ2n) is 11.0. The number of oxime groups is 1. The number of fused-ring (bicyclic) bond motifs is 5. The van der Waals surface area contributed by atoms with Crippen LogP contribution in [0.3, 0.4) is 0 Å². The molecule has 4 rings (SSSR count). The highest BCUT2D eigenvalue weighted by Gasteiger charge is 2.66. The molecule has 164 valence electrons. The van der Waals surface area contributed by atoms with Crippen molar-refractivity contribution in [2.75, 3.05) is 20.2 Å². The Bertz CT molecular complexity index is 679. The van der Waals surface area contributed by atoms with Gasteiger partial charge in [-0.1, -0.05) is 25.9 Å².